The highest BCUT2D eigenvalue weighted by atomic mass is 32.1. The van der Waals surface area contributed by atoms with Crippen LogP contribution in [0.3, 0.4) is 0 Å². The first-order chi connectivity index (χ1) is 8.86. The quantitative estimate of drug-likeness (QED) is 0.850. The second kappa shape index (κ2) is 5.70. The first-order valence-electron chi connectivity index (χ1n) is 6.98. The van der Waals surface area contributed by atoms with Crippen LogP contribution in [0.4, 0.5) is 0 Å². The van der Waals surface area contributed by atoms with Crippen LogP contribution >= 0.6 is 11.3 Å². The maximum atomic E-state index is 8.96. The van der Waals surface area contributed by atoms with Gasteiger partial charge in [0.15, 0.2) is 0 Å². The van der Waals surface area contributed by atoms with Gasteiger partial charge in [0, 0.05) is 42.5 Å². The summed E-state index contributed by atoms with van der Waals surface area (Å²) in [6, 6.07) is 5.81. The SMILES string of the molecule is OCCNC1CC(c2cccs2)CN(C2CC2)C1. The number of rotatable bonds is 5. The second-order valence-electron chi connectivity index (χ2n) is 5.51. The molecule has 0 spiro atoms. The minimum Gasteiger partial charge on any atom is -0.395 e. The number of aliphatic hydroxyl groups is 1. The van der Waals surface area contributed by atoms with Crippen LogP contribution < -0.4 is 5.32 Å². The Hall–Kier alpha value is -0.420. The van der Waals surface area contributed by atoms with Gasteiger partial charge in [0.1, 0.15) is 0 Å². The molecule has 18 heavy (non-hydrogen) atoms. The van der Waals surface area contributed by atoms with E-state index in [0.717, 1.165) is 19.1 Å². The van der Waals surface area contributed by atoms with E-state index in [4.69, 9.17) is 5.11 Å². The minimum absolute atomic E-state index is 0.240. The summed E-state index contributed by atoms with van der Waals surface area (Å²) in [5.41, 5.74) is 0. The molecular weight excluding hydrogens is 244 g/mol. The van der Waals surface area contributed by atoms with Crippen molar-refractivity contribution in [3.63, 3.8) is 0 Å². The van der Waals surface area contributed by atoms with Crippen molar-refractivity contribution in [1.82, 2.24) is 10.2 Å². The lowest BCUT2D eigenvalue weighted by Crippen LogP contribution is -2.49. The fourth-order valence-corrected chi connectivity index (χ4v) is 3.85. The third kappa shape index (κ3) is 2.94. The molecule has 3 rings (SSSR count). The first-order valence-corrected chi connectivity index (χ1v) is 7.86. The topological polar surface area (TPSA) is 35.5 Å². The smallest absolute Gasteiger partial charge is 0.0556 e. The zero-order valence-electron chi connectivity index (χ0n) is 10.7. The van der Waals surface area contributed by atoms with Crippen molar-refractivity contribution in [3.05, 3.63) is 22.4 Å². The van der Waals surface area contributed by atoms with Crippen molar-refractivity contribution >= 4 is 11.3 Å². The average Bonchev–Trinajstić information content (AvgIpc) is 3.11. The van der Waals surface area contributed by atoms with Gasteiger partial charge in [-0.05, 0) is 30.7 Å². The Balaban J connectivity index is 1.66. The van der Waals surface area contributed by atoms with Gasteiger partial charge in [0.25, 0.3) is 0 Å². The third-order valence-electron chi connectivity index (χ3n) is 4.03. The molecular formula is C14H22N2OS. The Morgan fingerprint density at radius 2 is 2.28 bits per heavy atom. The standard InChI is InChI=1S/C14H22N2OS/c17-6-5-15-12-8-11(14-2-1-7-18-14)9-16(10-12)13-3-4-13/h1-2,7,11-13,15,17H,3-6,8-10H2. The van der Waals surface area contributed by atoms with Crippen LogP contribution in [0, 0.1) is 0 Å². The van der Waals surface area contributed by atoms with Crippen molar-refractivity contribution in [2.24, 2.45) is 0 Å². The third-order valence-corrected chi connectivity index (χ3v) is 5.07. The number of thiophene rings is 1. The normalized spacial score (nSPS) is 29.6. The zero-order chi connectivity index (χ0) is 12.4. The summed E-state index contributed by atoms with van der Waals surface area (Å²) in [7, 11) is 0. The summed E-state index contributed by atoms with van der Waals surface area (Å²) in [6.07, 6.45) is 3.97. The fourth-order valence-electron chi connectivity index (χ4n) is 3.02. The number of likely N-dealkylation sites (tertiary alicyclic amines) is 1. The van der Waals surface area contributed by atoms with Crippen molar-refractivity contribution < 1.29 is 5.11 Å². The van der Waals surface area contributed by atoms with Gasteiger partial charge in [-0.15, -0.1) is 11.3 Å². The molecule has 1 aromatic rings. The molecule has 1 aliphatic heterocycles. The number of piperidine rings is 1. The lowest BCUT2D eigenvalue weighted by atomic mass is 9.92. The summed E-state index contributed by atoms with van der Waals surface area (Å²) in [6.45, 7) is 3.35. The van der Waals surface area contributed by atoms with Crippen molar-refractivity contribution in [2.75, 3.05) is 26.2 Å². The highest BCUT2D eigenvalue weighted by Gasteiger charge is 2.36. The summed E-state index contributed by atoms with van der Waals surface area (Å²) in [5.74, 6) is 0.676. The van der Waals surface area contributed by atoms with Crippen LogP contribution in [0.25, 0.3) is 0 Å². The molecule has 1 saturated carbocycles. The number of nitrogens with one attached hydrogen (secondary N) is 1. The monoisotopic (exact) mass is 266 g/mol. The summed E-state index contributed by atoms with van der Waals surface area (Å²) < 4.78 is 0. The van der Waals surface area contributed by atoms with E-state index in [1.54, 1.807) is 0 Å². The number of aliphatic hydroxyl groups excluding tert-OH is 1. The molecule has 0 bridgehead atoms. The average molecular weight is 266 g/mol. The first kappa shape index (κ1) is 12.6. The lowest BCUT2D eigenvalue weighted by Gasteiger charge is -2.38. The summed E-state index contributed by atoms with van der Waals surface area (Å²) in [5, 5.41) is 14.6. The van der Waals surface area contributed by atoms with Gasteiger partial charge in [-0.1, -0.05) is 6.07 Å². The maximum absolute atomic E-state index is 8.96. The molecule has 100 valence electrons. The van der Waals surface area contributed by atoms with Crippen molar-refractivity contribution in [1.29, 1.82) is 0 Å². The molecule has 3 nitrogen and oxygen atoms in total. The van der Waals surface area contributed by atoms with E-state index in [1.165, 1.54) is 30.7 Å². The van der Waals surface area contributed by atoms with Crippen LogP contribution in [0.15, 0.2) is 17.5 Å². The summed E-state index contributed by atoms with van der Waals surface area (Å²) >= 11 is 1.89. The van der Waals surface area contributed by atoms with Crippen molar-refractivity contribution in [3.8, 4) is 0 Å². The van der Waals surface area contributed by atoms with Crippen LogP contribution in [0.2, 0.25) is 0 Å². The molecule has 2 atom stereocenters. The Kier molecular flexibility index (Phi) is 3.99. The van der Waals surface area contributed by atoms with Crippen LogP contribution in [0.5, 0.6) is 0 Å². The molecule has 2 unspecified atom stereocenters. The van der Waals surface area contributed by atoms with Crippen LogP contribution in [-0.2, 0) is 0 Å². The van der Waals surface area contributed by atoms with Crippen LogP contribution in [0.1, 0.15) is 30.1 Å². The molecule has 1 saturated heterocycles. The van der Waals surface area contributed by atoms with E-state index in [1.807, 2.05) is 11.3 Å². The largest absolute Gasteiger partial charge is 0.395 e. The second-order valence-corrected chi connectivity index (χ2v) is 6.49. The number of hydrogen-bond donors (Lipinski definition) is 2. The number of hydrogen-bond acceptors (Lipinski definition) is 4. The van der Waals surface area contributed by atoms with Gasteiger partial charge >= 0.3 is 0 Å². The Morgan fingerprint density at radius 3 is 2.94 bits per heavy atom. The van der Waals surface area contributed by atoms with Crippen LogP contribution in [-0.4, -0.2) is 48.3 Å². The maximum Gasteiger partial charge on any atom is 0.0556 e. The molecule has 1 aliphatic carbocycles. The molecule has 1 aromatic heterocycles. The highest BCUT2D eigenvalue weighted by molar-refractivity contribution is 7.10. The van der Waals surface area contributed by atoms with E-state index < -0.39 is 0 Å². The Morgan fingerprint density at radius 1 is 1.39 bits per heavy atom. The molecule has 0 aromatic carbocycles. The molecule has 4 heteroatoms. The Bertz CT molecular complexity index is 364. The van der Waals surface area contributed by atoms with E-state index in [-0.39, 0.29) is 6.61 Å². The molecule has 2 aliphatic rings. The number of nitrogens with zero attached hydrogens (tertiary/aromatic N) is 1. The van der Waals surface area contributed by atoms with Gasteiger partial charge in [-0.3, -0.25) is 4.90 Å². The minimum atomic E-state index is 0.240. The van der Waals surface area contributed by atoms with E-state index in [0.29, 0.717) is 12.0 Å². The Labute approximate surface area is 113 Å². The van der Waals surface area contributed by atoms with Crippen molar-refractivity contribution in [2.45, 2.75) is 37.3 Å². The van der Waals surface area contributed by atoms with E-state index in [2.05, 4.69) is 27.7 Å². The van der Waals surface area contributed by atoms with Gasteiger partial charge < -0.3 is 10.4 Å². The van der Waals surface area contributed by atoms with Gasteiger partial charge in [0.05, 0.1) is 6.61 Å². The molecule has 0 amide bonds. The van der Waals surface area contributed by atoms with Gasteiger partial charge in [-0.2, -0.15) is 0 Å². The molecule has 0 radical (unpaired) electrons. The zero-order valence-corrected chi connectivity index (χ0v) is 11.5. The molecule has 2 fully saturated rings. The summed E-state index contributed by atoms with van der Waals surface area (Å²) in [4.78, 5) is 4.18. The predicted octanol–water partition coefficient (Wildman–Crippen LogP) is 1.65. The predicted molar refractivity (Wildman–Crippen MR) is 75.1 cm³/mol. The molecule has 2 N–H and O–H groups in total. The molecule has 2 heterocycles. The van der Waals surface area contributed by atoms with Gasteiger partial charge in [-0.25, -0.2) is 0 Å². The van der Waals surface area contributed by atoms with E-state index in [9.17, 15) is 0 Å². The lowest BCUT2D eigenvalue weighted by molar-refractivity contribution is 0.159. The van der Waals surface area contributed by atoms with E-state index >= 15 is 0 Å². The fraction of sp³-hybridized carbons (Fsp3) is 0.714. The highest BCUT2D eigenvalue weighted by Crippen LogP contribution is 2.36. The van der Waals surface area contributed by atoms with Gasteiger partial charge in [0.2, 0.25) is 0 Å².